The van der Waals surface area contributed by atoms with E-state index in [1.807, 2.05) is 30.9 Å². The molecule has 1 aliphatic carbocycles. The fourth-order valence-corrected chi connectivity index (χ4v) is 7.11. The Labute approximate surface area is 234 Å². The average molecular weight is 524 g/mol. The van der Waals surface area contributed by atoms with Gasteiger partial charge in [-0.15, -0.1) is 0 Å². The van der Waals surface area contributed by atoms with E-state index in [2.05, 4.69) is 104 Å². The molecule has 0 unspecified atom stereocenters. The molecule has 0 bridgehead atoms. The Morgan fingerprint density at radius 1 is 0.537 bits per heavy atom. The van der Waals surface area contributed by atoms with Gasteiger partial charge in [0.25, 0.3) is 0 Å². The van der Waals surface area contributed by atoms with E-state index in [-0.39, 0.29) is 0 Å². The van der Waals surface area contributed by atoms with Gasteiger partial charge in [-0.25, -0.2) is 4.98 Å². The zero-order chi connectivity index (χ0) is 26.7. The van der Waals surface area contributed by atoms with Gasteiger partial charge in [0.05, 0.1) is 40.0 Å². The first-order valence-electron chi connectivity index (χ1n) is 13.9. The van der Waals surface area contributed by atoms with Crippen LogP contribution in [0.25, 0.3) is 77.0 Å². The predicted molar refractivity (Wildman–Crippen MR) is 166 cm³/mol. The number of rotatable bonds is 1. The van der Waals surface area contributed by atoms with Crippen LogP contribution in [0.15, 0.2) is 116 Å². The number of imidazole rings is 1. The summed E-state index contributed by atoms with van der Waals surface area (Å²) >= 11 is 0. The van der Waals surface area contributed by atoms with E-state index < -0.39 is 0 Å². The van der Waals surface area contributed by atoms with Gasteiger partial charge < -0.3 is 4.57 Å². The first-order chi connectivity index (χ1) is 20.3. The molecule has 5 heterocycles. The van der Waals surface area contributed by atoms with Crippen molar-refractivity contribution >= 4 is 60.2 Å². The lowest BCUT2D eigenvalue weighted by Gasteiger charge is -2.11. The number of pyridine rings is 3. The summed E-state index contributed by atoms with van der Waals surface area (Å²) in [6.45, 7) is 0. The van der Waals surface area contributed by atoms with Gasteiger partial charge in [-0.1, -0.05) is 36.4 Å². The third-order valence-electron chi connectivity index (χ3n) is 8.86. The van der Waals surface area contributed by atoms with Gasteiger partial charge in [-0.3, -0.25) is 14.4 Å². The molecule has 5 nitrogen and oxygen atoms in total. The first-order valence-corrected chi connectivity index (χ1v) is 13.9. The number of hydrogen-bond acceptors (Lipinski definition) is 3. The fraction of sp³-hybridized carbons (Fsp3) is 0.0278. The Hall–Kier alpha value is -5.55. The second-order valence-electron chi connectivity index (χ2n) is 11.0. The van der Waals surface area contributed by atoms with Crippen molar-refractivity contribution in [1.82, 2.24) is 23.9 Å². The second kappa shape index (κ2) is 7.55. The van der Waals surface area contributed by atoms with Crippen molar-refractivity contribution < 1.29 is 0 Å². The van der Waals surface area contributed by atoms with Crippen LogP contribution < -0.4 is 0 Å². The van der Waals surface area contributed by atoms with Crippen LogP contribution in [0.1, 0.15) is 11.1 Å². The Balaban J connectivity index is 1.30. The van der Waals surface area contributed by atoms with Crippen molar-refractivity contribution in [1.29, 1.82) is 0 Å². The molecule has 9 aromatic rings. The molecule has 0 aliphatic heterocycles. The molecule has 0 saturated carbocycles. The summed E-state index contributed by atoms with van der Waals surface area (Å²) in [5, 5.41) is 6.10. The molecule has 4 aromatic carbocycles. The zero-order valence-corrected chi connectivity index (χ0v) is 21.9. The fourth-order valence-electron chi connectivity index (χ4n) is 7.11. The third kappa shape index (κ3) is 2.72. The summed E-state index contributed by atoms with van der Waals surface area (Å²) in [4.78, 5) is 14.0. The highest BCUT2D eigenvalue weighted by molar-refractivity contribution is 6.16. The highest BCUT2D eigenvalue weighted by atomic mass is 15.0. The molecule has 0 fully saturated rings. The SMILES string of the molecule is c1ccc(-n2c3ccccc3c3cc4c(cc32)Cc2cc3c(cc2-4)c2ccncc2n2c4cnccc4nc32)cc1. The quantitative estimate of drug-likeness (QED) is 0.204. The van der Waals surface area contributed by atoms with Crippen molar-refractivity contribution in [3.8, 4) is 16.8 Å². The van der Waals surface area contributed by atoms with E-state index in [4.69, 9.17) is 4.98 Å². The molecule has 0 amide bonds. The first kappa shape index (κ1) is 21.3. The lowest BCUT2D eigenvalue weighted by Crippen LogP contribution is -1.94. The van der Waals surface area contributed by atoms with E-state index in [1.54, 1.807) is 0 Å². The van der Waals surface area contributed by atoms with Crippen LogP contribution in [0.5, 0.6) is 0 Å². The van der Waals surface area contributed by atoms with E-state index in [0.29, 0.717) is 0 Å². The van der Waals surface area contributed by atoms with Gasteiger partial charge >= 0.3 is 0 Å². The van der Waals surface area contributed by atoms with Crippen molar-refractivity contribution in [2.45, 2.75) is 6.42 Å². The summed E-state index contributed by atoms with van der Waals surface area (Å²) < 4.78 is 4.61. The van der Waals surface area contributed by atoms with Gasteiger partial charge in [-0.2, -0.15) is 0 Å². The number of aromatic nitrogens is 5. The minimum absolute atomic E-state index is 0.898. The second-order valence-corrected chi connectivity index (χ2v) is 11.0. The molecule has 0 atom stereocenters. The maximum absolute atomic E-state index is 5.08. The van der Waals surface area contributed by atoms with Crippen LogP contribution in [0.4, 0.5) is 0 Å². The normalized spacial score (nSPS) is 12.8. The number of nitrogens with zero attached hydrogens (tertiary/aromatic N) is 5. The van der Waals surface area contributed by atoms with Gasteiger partial charge in [0.15, 0.2) is 0 Å². The smallest absolute Gasteiger partial charge is 0.146 e. The summed E-state index contributed by atoms with van der Waals surface area (Å²) in [7, 11) is 0. The van der Waals surface area contributed by atoms with Crippen LogP contribution >= 0.6 is 0 Å². The van der Waals surface area contributed by atoms with Gasteiger partial charge in [0.1, 0.15) is 5.65 Å². The number of para-hydroxylation sites is 2. The largest absolute Gasteiger partial charge is 0.309 e. The Morgan fingerprint density at radius 3 is 2.17 bits per heavy atom. The predicted octanol–water partition coefficient (Wildman–Crippen LogP) is 8.25. The standard InChI is InChI=1S/C36H21N5/c1-2-6-23(7-3-1)40-32-9-5-4-8-24(32)29-18-27-22(16-33(29)40)14-21-15-30-28(17-26(21)27)25-10-12-37-19-34(25)41-35-20-38-13-11-31(35)39-36(30)41/h1-13,15-20H,14H2. The van der Waals surface area contributed by atoms with Crippen molar-refractivity contribution in [2.75, 3.05) is 0 Å². The Bertz CT molecular complexity index is 2550. The summed E-state index contributed by atoms with van der Waals surface area (Å²) in [5.41, 5.74) is 13.0. The van der Waals surface area contributed by atoms with Crippen LogP contribution in [0.2, 0.25) is 0 Å². The lowest BCUT2D eigenvalue weighted by atomic mass is 9.98. The van der Waals surface area contributed by atoms with Crippen molar-refractivity contribution in [3.05, 3.63) is 127 Å². The molecule has 0 radical (unpaired) electrons. The summed E-state index contributed by atoms with van der Waals surface area (Å²) in [6, 6.07) is 33.1. The van der Waals surface area contributed by atoms with Crippen LogP contribution in [-0.2, 0) is 6.42 Å². The average Bonchev–Trinajstić information content (AvgIpc) is 3.69. The van der Waals surface area contributed by atoms with Crippen molar-refractivity contribution in [3.63, 3.8) is 0 Å². The topological polar surface area (TPSA) is 48.0 Å². The molecule has 0 N–H and O–H groups in total. The van der Waals surface area contributed by atoms with E-state index in [1.165, 1.54) is 60.5 Å². The monoisotopic (exact) mass is 523 g/mol. The van der Waals surface area contributed by atoms with Gasteiger partial charge in [-0.05, 0) is 88.7 Å². The molecule has 10 rings (SSSR count). The molecule has 41 heavy (non-hydrogen) atoms. The van der Waals surface area contributed by atoms with E-state index >= 15 is 0 Å². The molecule has 1 aliphatic rings. The summed E-state index contributed by atoms with van der Waals surface area (Å²) in [6.07, 6.45) is 8.43. The van der Waals surface area contributed by atoms with Crippen molar-refractivity contribution in [2.24, 2.45) is 0 Å². The molecule has 5 heteroatoms. The highest BCUT2D eigenvalue weighted by Gasteiger charge is 2.24. The minimum Gasteiger partial charge on any atom is -0.309 e. The zero-order valence-electron chi connectivity index (χ0n) is 21.9. The summed E-state index contributed by atoms with van der Waals surface area (Å²) in [5.74, 6) is 0. The minimum atomic E-state index is 0.898. The van der Waals surface area contributed by atoms with Gasteiger partial charge in [0, 0.05) is 39.6 Å². The van der Waals surface area contributed by atoms with E-state index in [0.717, 1.165) is 34.0 Å². The Kier molecular flexibility index (Phi) is 3.92. The third-order valence-corrected chi connectivity index (χ3v) is 8.86. The van der Waals surface area contributed by atoms with Crippen LogP contribution in [0.3, 0.4) is 0 Å². The molecule has 5 aromatic heterocycles. The Morgan fingerprint density at radius 2 is 1.27 bits per heavy atom. The number of benzene rings is 4. The van der Waals surface area contributed by atoms with Crippen LogP contribution in [0, 0.1) is 0 Å². The molecular formula is C36H21N5. The molecular weight excluding hydrogens is 502 g/mol. The number of fused-ring (bicyclic) bond motifs is 14. The molecule has 0 spiro atoms. The molecule has 0 saturated heterocycles. The molecule has 190 valence electrons. The van der Waals surface area contributed by atoms with E-state index in [9.17, 15) is 0 Å². The maximum atomic E-state index is 5.08. The maximum Gasteiger partial charge on any atom is 0.146 e. The lowest BCUT2D eigenvalue weighted by molar-refractivity contribution is 1.17. The number of hydrogen-bond donors (Lipinski definition) is 0. The van der Waals surface area contributed by atoms with Gasteiger partial charge in [0.2, 0.25) is 0 Å². The highest BCUT2D eigenvalue weighted by Crippen LogP contribution is 2.45. The van der Waals surface area contributed by atoms with Crippen LogP contribution in [-0.4, -0.2) is 23.9 Å².